The first kappa shape index (κ1) is 18.6. The number of aliphatic hydroxyl groups is 1. The van der Waals surface area contributed by atoms with Gasteiger partial charge < -0.3 is 14.9 Å². The molecule has 2 atom stereocenters. The van der Waals surface area contributed by atoms with Crippen molar-refractivity contribution in [1.29, 1.82) is 0 Å². The van der Waals surface area contributed by atoms with Gasteiger partial charge in [-0.15, -0.1) is 0 Å². The van der Waals surface area contributed by atoms with Crippen molar-refractivity contribution < 1.29 is 9.90 Å². The summed E-state index contributed by atoms with van der Waals surface area (Å²) in [7, 11) is 0. The van der Waals surface area contributed by atoms with Crippen LogP contribution >= 0.6 is 0 Å². The lowest BCUT2D eigenvalue weighted by Crippen LogP contribution is -2.46. The van der Waals surface area contributed by atoms with Crippen LogP contribution in [-0.2, 0) is 4.79 Å². The van der Waals surface area contributed by atoms with Gasteiger partial charge in [0.2, 0.25) is 5.91 Å². The molecule has 4 heteroatoms. The van der Waals surface area contributed by atoms with Crippen molar-refractivity contribution in [3.05, 3.63) is 12.0 Å². The maximum Gasteiger partial charge on any atom is 0.222 e. The van der Waals surface area contributed by atoms with Crippen LogP contribution in [0, 0.1) is 5.92 Å². The Morgan fingerprint density at radius 1 is 0.880 bits per heavy atom. The number of carbonyl (C=O) groups is 1. The molecule has 1 aliphatic carbocycles. The monoisotopic (exact) mass is 348 g/mol. The van der Waals surface area contributed by atoms with Crippen LogP contribution < -0.4 is 0 Å². The predicted molar refractivity (Wildman–Crippen MR) is 101 cm³/mol. The number of carbonyl (C=O) groups excluding carboxylic acids is 1. The molecule has 1 amide bonds. The molecule has 1 saturated carbocycles. The summed E-state index contributed by atoms with van der Waals surface area (Å²) in [5.74, 6) is 1.46. The van der Waals surface area contributed by atoms with Crippen LogP contribution in [0.25, 0.3) is 0 Å². The van der Waals surface area contributed by atoms with E-state index >= 15 is 0 Å². The lowest BCUT2D eigenvalue weighted by molar-refractivity contribution is -0.131. The first-order valence-corrected chi connectivity index (χ1v) is 10.7. The van der Waals surface area contributed by atoms with E-state index in [9.17, 15) is 9.90 Å². The van der Waals surface area contributed by atoms with Crippen LogP contribution in [0.1, 0.15) is 83.5 Å². The molecule has 3 rings (SSSR count). The standard InChI is InChI=1S/C21H36N2O2/c24-20(22-15-6-2-1-3-7-16-22)13-8-14-21(25)23-17-9-11-18-10-4-5-12-19(18)23/h14,18-19,25H,1-13,15-17H2/b21-14-. The summed E-state index contributed by atoms with van der Waals surface area (Å²) >= 11 is 0. The van der Waals surface area contributed by atoms with Gasteiger partial charge in [-0.3, -0.25) is 4.79 Å². The summed E-state index contributed by atoms with van der Waals surface area (Å²) in [4.78, 5) is 16.7. The molecule has 3 aliphatic rings. The Morgan fingerprint density at radius 2 is 1.56 bits per heavy atom. The topological polar surface area (TPSA) is 43.8 Å². The number of fused-ring (bicyclic) bond motifs is 1. The van der Waals surface area contributed by atoms with Crippen molar-refractivity contribution >= 4 is 5.91 Å². The molecule has 4 nitrogen and oxygen atoms in total. The van der Waals surface area contributed by atoms with E-state index < -0.39 is 0 Å². The van der Waals surface area contributed by atoms with Gasteiger partial charge >= 0.3 is 0 Å². The van der Waals surface area contributed by atoms with E-state index in [0.29, 0.717) is 24.8 Å². The minimum atomic E-state index is 0.264. The highest BCUT2D eigenvalue weighted by Gasteiger charge is 2.34. The van der Waals surface area contributed by atoms with Gasteiger partial charge in [0.05, 0.1) is 0 Å². The molecule has 0 aromatic rings. The van der Waals surface area contributed by atoms with Gasteiger partial charge in [0.25, 0.3) is 0 Å². The number of nitrogens with zero attached hydrogens (tertiary/aromatic N) is 2. The van der Waals surface area contributed by atoms with Gasteiger partial charge in [-0.05, 0) is 56.9 Å². The summed E-state index contributed by atoms with van der Waals surface area (Å²) in [6.07, 6.45) is 16.9. The number of hydrogen-bond acceptors (Lipinski definition) is 3. The van der Waals surface area contributed by atoms with Crippen molar-refractivity contribution in [2.24, 2.45) is 5.92 Å². The van der Waals surface area contributed by atoms with E-state index in [2.05, 4.69) is 4.90 Å². The van der Waals surface area contributed by atoms with Crippen LogP contribution in [0.5, 0.6) is 0 Å². The molecule has 1 N–H and O–H groups in total. The van der Waals surface area contributed by atoms with E-state index in [0.717, 1.165) is 38.4 Å². The third-order valence-electron chi connectivity index (χ3n) is 6.43. The Morgan fingerprint density at radius 3 is 2.36 bits per heavy atom. The average molecular weight is 349 g/mol. The fourth-order valence-corrected chi connectivity index (χ4v) is 5.01. The predicted octanol–water partition coefficient (Wildman–Crippen LogP) is 4.61. The number of allylic oxidation sites excluding steroid dienone is 1. The fourth-order valence-electron chi connectivity index (χ4n) is 5.01. The zero-order chi connectivity index (χ0) is 17.5. The quantitative estimate of drug-likeness (QED) is 0.754. The minimum absolute atomic E-state index is 0.264. The second-order valence-corrected chi connectivity index (χ2v) is 8.20. The summed E-state index contributed by atoms with van der Waals surface area (Å²) in [6, 6.07) is 0.531. The van der Waals surface area contributed by atoms with Gasteiger partial charge in [0.15, 0.2) is 5.88 Å². The largest absolute Gasteiger partial charge is 0.495 e. The number of likely N-dealkylation sites (tertiary alicyclic amines) is 2. The minimum Gasteiger partial charge on any atom is -0.495 e. The third-order valence-corrected chi connectivity index (χ3v) is 6.43. The van der Waals surface area contributed by atoms with E-state index in [-0.39, 0.29) is 5.91 Å². The first-order chi connectivity index (χ1) is 12.3. The summed E-state index contributed by atoms with van der Waals surface area (Å²) < 4.78 is 0. The maximum atomic E-state index is 12.5. The lowest BCUT2D eigenvalue weighted by Gasteiger charge is -2.44. The number of hydrogen-bond donors (Lipinski definition) is 1. The molecule has 25 heavy (non-hydrogen) atoms. The van der Waals surface area contributed by atoms with Crippen molar-refractivity contribution in [1.82, 2.24) is 9.80 Å². The van der Waals surface area contributed by atoms with Crippen molar-refractivity contribution in [3.8, 4) is 0 Å². The summed E-state index contributed by atoms with van der Waals surface area (Å²) in [5, 5.41) is 10.6. The number of aliphatic hydroxyl groups excluding tert-OH is 1. The average Bonchev–Trinajstić information content (AvgIpc) is 2.60. The van der Waals surface area contributed by atoms with Gasteiger partial charge in [0, 0.05) is 32.1 Å². The molecular formula is C21H36N2O2. The van der Waals surface area contributed by atoms with Crippen molar-refractivity contribution in [3.63, 3.8) is 0 Å². The van der Waals surface area contributed by atoms with E-state index in [4.69, 9.17) is 0 Å². The highest BCUT2D eigenvalue weighted by atomic mass is 16.3. The fraction of sp³-hybridized carbons (Fsp3) is 0.857. The smallest absolute Gasteiger partial charge is 0.222 e. The lowest BCUT2D eigenvalue weighted by atomic mass is 9.78. The van der Waals surface area contributed by atoms with Crippen molar-refractivity contribution in [2.75, 3.05) is 19.6 Å². The molecule has 0 spiro atoms. The molecule has 0 aromatic heterocycles. The SMILES string of the molecule is O=C(CC/C=C(\O)N1CCCC2CCCCC21)N1CCCCCCC1. The van der Waals surface area contributed by atoms with Crippen LogP contribution in [0.15, 0.2) is 12.0 Å². The third kappa shape index (κ3) is 5.15. The molecule has 3 fully saturated rings. The summed E-state index contributed by atoms with van der Waals surface area (Å²) in [6.45, 7) is 2.82. The van der Waals surface area contributed by atoms with Crippen LogP contribution in [0.2, 0.25) is 0 Å². The molecule has 142 valence electrons. The zero-order valence-electron chi connectivity index (χ0n) is 15.8. The van der Waals surface area contributed by atoms with E-state index in [1.807, 2.05) is 11.0 Å². The second kappa shape index (κ2) is 9.49. The molecular weight excluding hydrogens is 312 g/mol. The number of rotatable bonds is 4. The Hall–Kier alpha value is -1.19. The summed E-state index contributed by atoms with van der Waals surface area (Å²) in [5.41, 5.74) is 0. The molecule has 2 aliphatic heterocycles. The van der Waals surface area contributed by atoms with Gasteiger partial charge in [0.1, 0.15) is 0 Å². The molecule has 2 heterocycles. The van der Waals surface area contributed by atoms with E-state index in [1.165, 1.54) is 57.8 Å². The Bertz CT molecular complexity index is 453. The Kier molecular flexibility index (Phi) is 7.06. The van der Waals surface area contributed by atoms with Gasteiger partial charge in [-0.1, -0.05) is 32.1 Å². The number of piperidine rings is 1. The van der Waals surface area contributed by atoms with E-state index in [1.54, 1.807) is 0 Å². The molecule has 2 saturated heterocycles. The van der Waals surface area contributed by atoms with Crippen LogP contribution in [0.4, 0.5) is 0 Å². The first-order valence-electron chi connectivity index (χ1n) is 10.7. The number of amides is 1. The normalized spacial score (nSPS) is 28.9. The van der Waals surface area contributed by atoms with Gasteiger partial charge in [-0.2, -0.15) is 0 Å². The zero-order valence-corrected chi connectivity index (χ0v) is 15.8. The van der Waals surface area contributed by atoms with Crippen LogP contribution in [0.3, 0.4) is 0 Å². The molecule has 0 bridgehead atoms. The molecule has 2 unspecified atom stereocenters. The van der Waals surface area contributed by atoms with Crippen LogP contribution in [-0.4, -0.2) is 46.5 Å². The molecule has 0 radical (unpaired) electrons. The highest BCUT2D eigenvalue weighted by Crippen LogP contribution is 2.36. The Labute approximate surface area is 153 Å². The Balaban J connectivity index is 1.48. The molecule has 0 aromatic carbocycles. The van der Waals surface area contributed by atoms with Crippen molar-refractivity contribution in [2.45, 2.75) is 89.5 Å². The highest BCUT2D eigenvalue weighted by molar-refractivity contribution is 5.76. The second-order valence-electron chi connectivity index (χ2n) is 8.20. The van der Waals surface area contributed by atoms with Gasteiger partial charge in [-0.25, -0.2) is 0 Å². The maximum absolute atomic E-state index is 12.5.